The molecule has 2 aromatic rings. The van der Waals surface area contributed by atoms with E-state index in [4.69, 9.17) is 9.05 Å². The summed E-state index contributed by atoms with van der Waals surface area (Å²) in [4.78, 5) is 10.8. The fourth-order valence-corrected chi connectivity index (χ4v) is 8.23. The zero-order valence-corrected chi connectivity index (χ0v) is 28.7. The summed E-state index contributed by atoms with van der Waals surface area (Å²) in [7, 11) is -1.88. The molecule has 3 nitrogen and oxygen atoms in total. The van der Waals surface area contributed by atoms with Crippen LogP contribution in [0.4, 0.5) is 0 Å². The van der Waals surface area contributed by atoms with E-state index < -0.39 is 8.60 Å². The summed E-state index contributed by atoms with van der Waals surface area (Å²) in [5.41, 5.74) is 5.98. The first-order chi connectivity index (χ1) is 19.2. The second kappa shape index (κ2) is 14.0. The maximum Gasteiger partial charge on any atom is 0.329 e. The van der Waals surface area contributed by atoms with E-state index >= 15 is 0 Å². The minimum Gasteiger partial charge on any atom is -0.328 e. The minimum absolute atomic E-state index is 0.0311. The molecule has 3 rings (SSSR count). The maximum absolute atomic E-state index is 10.8. The second-order valence-electron chi connectivity index (χ2n) is 15.0. The van der Waals surface area contributed by atoms with Crippen molar-refractivity contribution in [3.8, 4) is 0 Å². The smallest absolute Gasteiger partial charge is 0.328 e. The van der Waals surface area contributed by atoms with Crippen LogP contribution in [0.2, 0.25) is 0 Å². The third kappa shape index (κ3) is 8.44. The molecule has 0 amide bonds. The molecule has 41 heavy (non-hydrogen) atoms. The highest BCUT2D eigenvalue weighted by Crippen LogP contribution is 2.55. The van der Waals surface area contributed by atoms with Crippen molar-refractivity contribution in [2.45, 2.75) is 137 Å². The molecule has 4 atom stereocenters. The third-order valence-corrected chi connectivity index (χ3v) is 10.7. The van der Waals surface area contributed by atoms with E-state index in [1.54, 1.807) is 0 Å². The van der Waals surface area contributed by atoms with Crippen LogP contribution in [0.15, 0.2) is 48.5 Å². The van der Waals surface area contributed by atoms with Crippen LogP contribution in [0, 0.1) is 10.8 Å². The van der Waals surface area contributed by atoms with Gasteiger partial charge in [0.2, 0.25) is 0 Å². The number of rotatable bonds is 10. The predicted molar refractivity (Wildman–Crippen MR) is 177 cm³/mol. The van der Waals surface area contributed by atoms with Gasteiger partial charge in [0.15, 0.2) is 0 Å². The van der Waals surface area contributed by atoms with E-state index in [1.807, 2.05) is 0 Å². The lowest BCUT2D eigenvalue weighted by Crippen LogP contribution is -2.41. The SMILES string of the molecule is CCC(CC1(CC)COP(O)OCC(CC)(CC(CC)c2ccccc2C(C)(C)C)C1)c1ccccc1C(C)(C)C. The molecule has 0 aromatic heterocycles. The Kier molecular flexibility index (Phi) is 11.7. The third-order valence-electron chi connectivity index (χ3n) is 9.97. The molecule has 2 aromatic carbocycles. The molecule has 230 valence electrons. The summed E-state index contributed by atoms with van der Waals surface area (Å²) in [6.07, 6.45) is 7.42. The molecule has 0 saturated carbocycles. The van der Waals surface area contributed by atoms with Crippen LogP contribution in [0.3, 0.4) is 0 Å². The Balaban J connectivity index is 2.04. The van der Waals surface area contributed by atoms with Crippen molar-refractivity contribution in [3.05, 3.63) is 70.8 Å². The van der Waals surface area contributed by atoms with Crippen LogP contribution in [0.25, 0.3) is 0 Å². The van der Waals surface area contributed by atoms with Gasteiger partial charge in [-0.2, -0.15) is 0 Å². The molecular formula is C37H59O3P. The van der Waals surface area contributed by atoms with Gasteiger partial charge in [-0.3, -0.25) is 0 Å². The Morgan fingerprint density at radius 2 is 1.05 bits per heavy atom. The second-order valence-corrected chi connectivity index (χ2v) is 16.0. The molecule has 1 aliphatic rings. The fraction of sp³-hybridized carbons (Fsp3) is 0.676. The van der Waals surface area contributed by atoms with Gasteiger partial charge in [0, 0.05) is 0 Å². The van der Waals surface area contributed by atoms with Gasteiger partial charge in [-0.05, 0) is 101 Å². The first kappa shape index (κ1) is 34.2. The highest BCUT2D eigenvalue weighted by molar-refractivity contribution is 7.40. The highest BCUT2D eigenvalue weighted by Gasteiger charge is 2.45. The molecule has 1 saturated heterocycles. The lowest BCUT2D eigenvalue weighted by Gasteiger charge is -2.48. The van der Waals surface area contributed by atoms with Crippen molar-refractivity contribution < 1.29 is 13.9 Å². The quantitative estimate of drug-likeness (QED) is 0.283. The minimum atomic E-state index is -1.88. The fourth-order valence-electron chi connectivity index (χ4n) is 7.39. The van der Waals surface area contributed by atoms with Crippen LogP contribution in [-0.2, 0) is 19.9 Å². The van der Waals surface area contributed by atoms with Gasteiger partial charge in [0.1, 0.15) is 0 Å². The topological polar surface area (TPSA) is 38.7 Å². The molecule has 1 heterocycles. The average molecular weight is 583 g/mol. The first-order valence-corrected chi connectivity index (χ1v) is 17.3. The van der Waals surface area contributed by atoms with Gasteiger partial charge in [-0.15, -0.1) is 0 Å². The van der Waals surface area contributed by atoms with Gasteiger partial charge in [-0.1, -0.05) is 118 Å². The molecule has 0 bridgehead atoms. The van der Waals surface area contributed by atoms with E-state index in [1.165, 1.54) is 22.3 Å². The molecule has 0 spiro atoms. The summed E-state index contributed by atoms with van der Waals surface area (Å²) in [6.45, 7) is 24.4. The molecule has 1 aliphatic heterocycles. The Morgan fingerprint density at radius 3 is 1.37 bits per heavy atom. The number of hydrogen-bond donors (Lipinski definition) is 1. The highest BCUT2D eigenvalue weighted by atomic mass is 31.2. The number of benzene rings is 2. The lowest BCUT2D eigenvalue weighted by atomic mass is 9.61. The van der Waals surface area contributed by atoms with Crippen LogP contribution in [0.1, 0.15) is 148 Å². The van der Waals surface area contributed by atoms with Crippen LogP contribution in [-0.4, -0.2) is 18.1 Å². The molecule has 4 unspecified atom stereocenters. The molecular weight excluding hydrogens is 523 g/mol. The normalized spacial score (nSPS) is 25.8. The van der Waals surface area contributed by atoms with Crippen LogP contribution in [0.5, 0.6) is 0 Å². The van der Waals surface area contributed by atoms with Gasteiger partial charge in [-0.25, -0.2) is 0 Å². The van der Waals surface area contributed by atoms with Crippen LogP contribution >= 0.6 is 8.60 Å². The van der Waals surface area contributed by atoms with Gasteiger partial charge in [0.25, 0.3) is 0 Å². The zero-order valence-electron chi connectivity index (χ0n) is 27.8. The molecule has 0 radical (unpaired) electrons. The van der Waals surface area contributed by atoms with E-state index in [0.29, 0.717) is 25.0 Å². The van der Waals surface area contributed by atoms with Crippen molar-refractivity contribution in [2.75, 3.05) is 13.2 Å². The monoisotopic (exact) mass is 582 g/mol. The van der Waals surface area contributed by atoms with E-state index in [-0.39, 0.29) is 21.7 Å². The molecule has 1 N–H and O–H groups in total. The van der Waals surface area contributed by atoms with Gasteiger partial charge < -0.3 is 13.9 Å². The molecule has 0 aliphatic carbocycles. The average Bonchev–Trinajstić information content (AvgIpc) is 2.94. The summed E-state index contributed by atoms with van der Waals surface area (Å²) in [6, 6.07) is 18.1. The van der Waals surface area contributed by atoms with Crippen molar-refractivity contribution in [2.24, 2.45) is 10.8 Å². The summed E-state index contributed by atoms with van der Waals surface area (Å²) >= 11 is 0. The maximum atomic E-state index is 10.8. The molecule has 4 heteroatoms. The zero-order chi connectivity index (χ0) is 30.5. The Hall–Kier alpha value is -1.25. The van der Waals surface area contributed by atoms with Crippen molar-refractivity contribution in [1.82, 2.24) is 0 Å². The van der Waals surface area contributed by atoms with Gasteiger partial charge in [0.05, 0.1) is 13.2 Å². The predicted octanol–water partition coefficient (Wildman–Crippen LogP) is 11.2. The molecule has 1 fully saturated rings. The first-order valence-electron chi connectivity index (χ1n) is 16.2. The Bertz CT molecular complexity index is 1010. The standard InChI is InChI=1S/C37H59O3P/c1-11-28(30-19-15-17-21-32(30)34(5,6)7)23-36(13-3)25-37(14-4,27-40-41(38)39-26-36)24-29(12-2)31-20-16-18-22-33(31)35(8,9)10/h15-22,28-29,38H,11-14,23-27H2,1-10H3. The summed E-state index contributed by atoms with van der Waals surface area (Å²) < 4.78 is 12.2. The van der Waals surface area contributed by atoms with Crippen molar-refractivity contribution in [1.29, 1.82) is 0 Å². The van der Waals surface area contributed by atoms with E-state index in [9.17, 15) is 4.89 Å². The van der Waals surface area contributed by atoms with E-state index in [0.717, 1.165) is 44.9 Å². The summed E-state index contributed by atoms with van der Waals surface area (Å²) in [5.74, 6) is 0.884. The Labute approximate surface area is 253 Å². The van der Waals surface area contributed by atoms with Gasteiger partial charge >= 0.3 is 8.60 Å². The van der Waals surface area contributed by atoms with Crippen molar-refractivity contribution in [3.63, 3.8) is 0 Å². The van der Waals surface area contributed by atoms with Crippen molar-refractivity contribution >= 4 is 8.60 Å². The Morgan fingerprint density at radius 1 is 0.683 bits per heavy atom. The lowest BCUT2D eigenvalue weighted by molar-refractivity contribution is -0.0206. The summed E-state index contributed by atoms with van der Waals surface area (Å²) in [5, 5.41) is 0. The number of hydrogen-bond acceptors (Lipinski definition) is 3. The largest absolute Gasteiger partial charge is 0.329 e. The van der Waals surface area contributed by atoms with E-state index in [2.05, 4.69) is 118 Å². The van der Waals surface area contributed by atoms with Crippen LogP contribution < -0.4 is 0 Å².